The highest BCUT2D eigenvalue weighted by atomic mass is 19.4. The lowest BCUT2D eigenvalue weighted by molar-refractivity contribution is -0.138. The van der Waals surface area contributed by atoms with E-state index in [1.165, 1.54) is 4.68 Å². The lowest BCUT2D eigenvalue weighted by atomic mass is 10.0. The molecule has 1 heterocycles. The van der Waals surface area contributed by atoms with Gasteiger partial charge in [0.2, 0.25) is 11.9 Å². The van der Waals surface area contributed by atoms with E-state index in [0.29, 0.717) is 11.9 Å². The number of halogens is 4. The van der Waals surface area contributed by atoms with Gasteiger partial charge in [0.25, 0.3) is 0 Å². The van der Waals surface area contributed by atoms with Crippen molar-refractivity contribution in [2.75, 3.05) is 5.32 Å². The lowest BCUT2D eigenvalue weighted by Crippen LogP contribution is -2.19. The first-order chi connectivity index (χ1) is 12.7. The number of alkyl halides is 3. The summed E-state index contributed by atoms with van der Waals surface area (Å²) in [5.41, 5.74) is -0.793. The Hall–Kier alpha value is -3.23. The van der Waals surface area contributed by atoms with Crippen LogP contribution in [0, 0.1) is 12.7 Å². The quantitative estimate of drug-likeness (QED) is 0.700. The maximum Gasteiger partial charge on any atom is 0.416 e. The van der Waals surface area contributed by atoms with E-state index < -0.39 is 29.9 Å². The molecule has 0 aliphatic rings. The van der Waals surface area contributed by atoms with Crippen molar-refractivity contribution in [3.8, 4) is 5.69 Å². The minimum atomic E-state index is -4.76. The van der Waals surface area contributed by atoms with Crippen molar-refractivity contribution in [2.45, 2.75) is 19.5 Å². The molecule has 1 aromatic heterocycles. The molecule has 140 valence electrons. The molecule has 0 aliphatic carbocycles. The number of carbonyl (C=O) groups excluding carboxylic acids is 1. The first-order valence-electron chi connectivity index (χ1n) is 7.88. The van der Waals surface area contributed by atoms with Gasteiger partial charge < -0.3 is 0 Å². The number of aryl methyl sites for hydroxylation is 1. The lowest BCUT2D eigenvalue weighted by Gasteiger charge is -2.12. The molecule has 2 aromatic carbocycles. The Balaban J connectivity index is 1.78. The fourth-order valence-corrected chi connectivity index (χ4v) is 2.57. The van der Waals surface area contributed by atoms with Gasteiger partial charge in [-0.05, 0) is 36.8 Å². The minimum absolute atomic E-state index is 0.0305. The van der Waals surface area contributed by atoms with E-state index in [2.05, 4.69) is 15.4 Å². The number of carbonyl (C=O) groups is 1. The van der Waals surface area contributed by atoms with Crippen LogP contribution in [0.3, 0.4) is 0 Å². The Labute approximate surface area is 151 Å². The number of aromatic nitrogens is 3. The molecule has 0 radical (unpaired) electrons. The highest BCUT2D eigenvalue weighted by Gasteiger charge is 2.34. The summed E-state index contributed by atoms with van der Waals surface area (Å²) < 4.78 is 53.7. The van der Waals surface area contributed by atoms with Crippen LogP contribution in [-0.2, 0) is 17.4 Å². The smallest absolute Gasteiger partial charge is 0.293 e. The van der Waals surface area contributed by atoms with Crippen LogP contribution in [-0.4, -0.2) is 20.7 Å². The van der Waals surface area contributed by atoms with Crippen LogP contribution in [0.25, 0.3) is 5.69 Å². The SMILES string of the molecule is Cc1nc(NC(=O)Cc2ccc(F)cc2C(F)(F)F)nn1-c1ccccc1. The van der Waals surface area contributed by atoms with Gasteiger partial charge >= 0.3 is 6.18 Å². The summed E-state index contributed by atoms with van der Waals surface area (Å²) >= 11 is 0. The van der Waals surface area contributed by atoms with Crippen LogP contribution in [0.2, 0.25) is 0 Å². The summed E-state index contributed by atoms with van der Waals surface area (Å²) in [6, 6.07) is 11.2. The molecular formula is C18H14F4N4O. The molecule has 0 spiro atoms. The van der Waals surface area contributed by atoms with Gasteiger partial charge in [-0.3, -0.25) is 10.1 Å². The molecule has 5 nitrogen and oxygen atoms in total. The van der Waals surface area contributed by atoms with Gasteiger partial charge in [0.1, 0.15) is 11.6 Å². The van der Waals surface area contributed by atoms with Gasteiger partial charge in [0.05, 0.1) is 17.7 Å². The van der Waals surface area contributed by atoms with E-state index in [1.54, 1.807) is 19.1 Å². The molecular weight excluding hydrogens is 364 g/mol. The van der Waals surface area contributed by atoms with Gasteiger partial charge in [-0.2, -0.15) is 18.2 Å². The normalized spacial score (nSPS) is 11.4. The first kappa shape index (κ1) is 18.6. The third kappa shape index (κ3) is 4.30. The Morgan fingerprint density at radius 3 is 2.52 bits per heavy atom. The predicted molar refractivity (Wildman–Crippen MR) is 89.8 cm³/mol. The van der Waals surface area contributed by atoms with Gasteiger partial charge in [0.15, 0.2) is 0 Å². The summed E-state index contributed by atoms with van der Waals surface area (Å²) in [7, 11) is 0. The van der Waals surface area contributed by atoms with Crippen molar-refractivity contribution < 1.29 is 22.4 Å². The van der Waals surface area contributed by atoms with Crippen LogP contribution < -0.4 is 5.32 Å². The van der Waals surface area contributed by atoms with E-state index in [0.717, 1.165) is 17.8 Å². The maximum absolute atomic E-state index is 13.1. The number of para-hydroxylation sites is 1. The molecule has 0 bridgehead atoms. The summed E-state index contributed by atoms with van der Waals surface area (Å²) in [4.78, 5) is 16.2. The highest BCUT2D eigenvalue weighted by Crippen LogP contribution is 2.32. The minimum Gasteiger partial charge on any atom is -0.293 e. The molecule has 3 rings (SSSR count). The summed E-state index contributed by atoms with van der Waals surface area (Å²) in [6.07, 6.45) is -5.35. The van der Waals surface area contributed by atoms with E-state index in [-0.39, 0.29) is 11.5 Å². The van der Waals surface area contributed by atoms with Gasteiger partial charge in [-0.15, -0.1) is 5.10 Å². The second-order valence-corrected chi connectivity index (χ2v) is 5.75. The van der Waals surface area contributed by atoms with Crippen LogP contribution in [0.1, 0.15) is 17.0 Å². The number of amides is 1. The topological polar surface area (TPSA) is 59.8 Å². The third-order valence-electron chi connectivity index (χ3n) is 3.75. The molecule has 3 aromatic rings. The average molecular weight is 378 g/mol. The Bertz CT molecular complexity index is 967. The average Bonchev–Trinajstić information content (AvgIpc) is 2.96. The predicted octanol–water partition coefficient (Wildman–Crippen LogP) is 3.91. The van der Waals surface area contributed by atoms with Crippen LogP contribution in [0.15, 0.2) is 48.5 Å². The number of rotatable bonds is 4. The molecule has 0 unspecified atom stereocenters. The molecule has 1 N–H and O–H groups in total. The zero-order valence-corrected chi connectivity index (χ0v) is 14.1. The first-order valence-corrected chi connectivity index (χ1v) is 7.88. The number of hydrogen-bond donors (Lipinski definition) is 1. The van der Waals surface area contributed by atoms with Crippen molar-refractivity contribution in [1.29, 1.82) is 0 Å². The number of nitrogens with zero attached hydrogens (tertiary/aromatic N) is 3. The van der Waals surface area contributed by atoms with Gasteiger partial charge in [-0.25, -0.2) is 9.07 Å². The fourth-order valence-electron chi connectivity index (χ4n) is 2.57. The van der Waals surface area contributed by atoms with Crippen LogP contribution >= 0.6 is 0 Å². The van der Waals surface area contributed by atoms with Crippen molar-refractivity contribution >= 4 is 11.9 Å². The second-order valence-electron chi connectivity index (χ2n) is 5.75. The molecule has 0 aliphatic heterocycles. The van der Waals surface area contributed by atoms with E-state index in [4.69, 9.17) is 0 Å². The molecule has 0 saturated heterocycles. The van der Waals surface area contributed by atoms with E-state index in [9.17, 15) is 22.4 Å². The molecule has 0 fully saturated rings. The summed E-state index contributed by atoms with van der Waals surface area (Å²) in [5, 5.41) is 6.51. The molecule has 27 heavy (non-hydrogen) atoms. The van der Waals surface area contributed by atoms with E-state index in [1.807, 2.05) is 18.2 Å². The largest absolute Gasteiger partial charge is 0.416 e. The maximum atomic E-state index is 13.1. The van der Waals surface area contributed by atoms with Crippen LogP contribution in [0.4, 0.5) is 23.5 Å². The number of benzene rings is 2. The second kappa shape index (κ2) is 7.18. The third-order valence-corrected chi connectivity index (χ3v) is 3.75. The number of anilines is 1. The summed E-state index contributed by atoms with van der Waals surface area (Å²) in [6.45, 7) is 1.68. The van der Waals surface area contributed by atoms with Crippen molar-refractivity contribution in [3.63, 3.8) is 0 Å². The molecule has 9 heteroatoms. The van der Waals surface area contributed by atoms with Crippen LogP contribution in [0.5, 0.6) is 0 Å². The molecule has 0 saturated carbocycles. The fraction of sp³-hybridized carbons (Fsp3) is 0.167. The Morgan fingerprint density at radius 2 is 1.85 bits per heavy atom. The van der Waals surface area contributed by atoms with Gasteiger partial charge in [-0.1, -0.05) is 24.3 Å². The zero-order chi connectivity index (χ0) is 19.6. The Kier molecular flexibility index (Phi) is 4.93. The number of nitrogens with one attached hydrogen (secondary N) is 1. The Morgan fingerprint density at radius 1 is 1.15 bits per heavy atom. The number of hydrogen-bond acceptors (Lipinski definition) is 3. The molecule has 1 amide bonds. The van der Waals surface area contributed by atoms with Crippen molar-refractivity contribution in [1.82, 2.24) is 14.8 Å². The standard InChI is InChI=1S/C18H14F4N4O/c1-11-23-17(25-26(11)14-5-3-2-4-6-14)24-16(27)9-12-7-8-13(19)10-15(12)18(20,21)22/h2-8,10H,9H2,1H3,(H,24,25,27). The molecule has 0 atom stereocenters. The van der Waals surface area contributed by atoms with Gasteiger partial charge in [0, 0.05) is 0 Å². The van der Waals surface area contributed by atoms with Crippen molar-refractivity contribution in [3.05, 3.63) is 71.3 Å². The monoisotopic (exact) mass is 378 g/mol. The zero-order valence-electron chi connectivity index (χ0n) is 14.1. The van der Waals surface area contributed by atoms with Crippen molar-refractivity contribution in [2.24, 2.45) is 0 Å². The summed E-state index contributed by atoms with van der Waals surface area (Å²) in [5.74, 6) is -1.30. The van der Waals surface area contributed by atoms with E-state index >= 15 is 0 Å². The highest BCUT2D eigenvalue weighted by molar-refractivity contribution is 5.90.